The molecule has 40 heavy (non-hydrogen) atoms. The SMILES string of the molecule is CCCc1cc(Oc2ccccc2)ccc1OCCCOc1ccc(S(=O)(=O)N2CCC[C@H]2OC(=O)O)cc1Cl. The van der Waals surface area contributed by atoms with Crippen molar-refractivity contribution >= 4 is 27.8 Å². The van der Waals surface area contributed by atoms with E-state index < -0.39 is 22.4 Å². The summed E-state index contributed by atoms with van der Waals surface area (Å²) >= 11 is 6.32. The molecular weight excluding hydrogens is 558 g/mol. The topological polar surface area (TPSA) is 112 Å². The van der Waals surface area contributed by atoms with E-state index in [2.05, 4.69) is 6.92 Å². The molecule has 214 valence electrons. The van der Waals surface area contributed by atoms with Gasteiger partial charge in [0.05, 0.1) is 23.1 Å². The summed E-state index contributed by atoms with van der Waals surface area (Å²) in [6.45, 7) is 3.00. The minimum atomic E-state index is -3.99. The van der Waals surface area contributed by atoms with Crippen LogP contribution in [0, 0.1) is 0 Å². The Morgan fingerprint density at radius 2 is 1.73 bits per heavy atom. The van der Waals surface area contributed by atoms with Gasteiger partial charge >= 0.3 is 6.16 Å². The first-order valence-corrected chi connectivity index (χ1v) is 14.9. The number of hydrogen-bond donors (Lipinski definition) is 1. The average molecular weight is 590 g/mol. The zero-order valence-corrected chi connectivity index (χ0v) is 23.7. The van der Waals surface area contributed by atoms with Gasteiger partial charge in [0.15, 0.2) is 6.23 Å². The third-order valence-corrected chi connectivity index (χ3v) is 8.41. The fourth-order valence-electron chi connectivity index (χ4n) is 4.39. The van der Waals surface area contributed by atoms with E-state index in [0.717, 1.165) is 40.0 Å². The molecule has 1 atom stereocenters. The predicted molar refractivity (Wildman–Crippen MR) is 150 cm³/mol. The highest BCUT2D eigenvalue weighted by Crippen LogP contribution is 2.32. The molecule has 0 saturated carbocycles. The minimum absolute atomic E-state index is 0.0581. The largest absolute Gasteiger partial charge is 0.507 e. The van der Waals surface area contributed by atoms with E-state index in [1.807, 2.05) is 48.5 Å². The smallest absolute Gasteiger partial charge is 0.493 e. The number of sulfonamides is 1. The van der Waals surface area contributed by atoms with Crippen LogP contribution in [0.3, 0.4) is 0 Å². The number of nitrogens with zero attached hydrogens (tertiary/aromatic N) is 1. The molecule has 1 N–H and O–H groups in total. The van der Waals surface area contributed by atoms with Crippen molar-refractivity contribution in [2.24, 2.45) is 0 Å². The van der Waals surface area contributed by atoms with Crippen LogP contribution >= 0.6 is 11.6 Å². The van der Waals surface area contributed by atoms with Crippen LogP contribution < -0.4 is 14.2 Å². The molecule has 0 amide bonds. The second-order valence-corrected chi connectivity index (χ2v) is 11.5. The fourth-order valence-corrected chi connectivity index (χ4v) is 6.29. The number of hydrogen-bond acceptors (Lipinski definition) is 7. The lowest BCUT2D eigenvalue weighted by molar-refractivity contribution is 0.0170. The van der Waals surface area contributed by atoms with Gasteiger partial charge in [0.2, 0.25) is 10.0 Å². The van der Waals surface area contributed by atoms with E-state index in [0.29, 0.717) is 38.2 Å². The Kier molecular flexibility index (Phi) is 10.1. The molecule has 11 heteroatoms. The molecule has 0 bridgehead atoms. The Morgan fingerprint density at radius 3 is 2.42 bits per heavy atom. The minimum Gasteiger partial charge on any atom is -0.493 e. The maximum atomic E-state index is 13.0. The number of rotatable bonds is 13. The van der Waals surface area contributed by atoms with Gasteiger partial charge in [-0.3, -0.25) is 0 Å². The van der Waals surface area contributed by atoms with Crippen molar-refractivity contribution in [2.75, 3.05) is 19.8 Å². The molecular formula is C29H32ClNO8S. The molecule has 0 radical (unpaired) electrons. The summed E-state index contributed by atoms with van der Waals surface area (Å²) in [6.07, 6.45) is 0.614. The number of carbonyl (C=O) groups is 1. The van der Waals surface area contributed by atoms with Crippen LogP contribution in [0.1, 0.15) is 38.2 Å². The number of halogens is 1. The maximum absolute atomic E-state index is 13.0. The van der Waals surface area contributed by atoms with Gasteiger partial charge in [-0.25, -0.2) is 13.2 Å². The average Bonchev–Trinajstić information content (AvgIpc) is 3.39. The van der Waals surface area contributed by atoms with E-state index in [1.165, 1.54) is 18.2 Å². The predicted octanol–water partition coefficient (Wildman–Crippen LogP) is 6.74. The van der Waals surface area contributed by atoms with Gasteiger partial charge in [0.1, 0.15) is 23.0 Å². The number of ether oxygens (including phenoxy) is 4. The standard InChI is InChI=1S/C29H32ClNO8S/c1-2-8-21-19-23(38-22-9-4-3-5-10-22)12-14-26(21)36-17-7-18-37-27-15-13-24(20-25(27)30)40(34,35)31-16-6-11-28(31)39-29(32)33/h3-5,9-10,12-15,19-20,28H,2,6-8,11,16-18H2,1H3,(H,32,33)/t28-/m1/s1. The van der Waals surface area contributed by atoms with Gasteiger partial charge in [0, 0.05) is 19.4 Å². The lowest BCUT2D eigenvalue weighted by Crippen LogP contribution is -2.38. The number of carboxylic acid groups (broad SMARTS) is 1. The summed E-state index contributed by atoms with van der Waals surface area (Å²) in [7, 11) is -3.99. The Morgan fingerprint density at radius 1 is 1.00 bits per heavy atom. The van der Waals surface area contributed by atoms with Crippen LogP contribution in [0.4, 0.5) is 4.79 Å². The first-order chi connectivity index (χ1) is 19.3. The second kappa shape index (κ2) is 13.7. The van der Waals surface area contributed by atoms with Crippen molar-refractivity contribution < 1.29 is 37.3 Å². The molecule has 1 saturated heterocycles. The molecule has 3 aromatic rings. The van der Waals surface area contributed by atoms with Crippen molar-refractivity contribution in [2.45, 2.75) is 50.2 Å². The highest BCUT2D eigenvalue weighted by molar-refractivity contribution is 7.89. The summed E-state index contributed by atoms with van der Waals surface area (Å²) in [5.41, 5.74) is 1.06. The maximum Gasteiger partial charge on any atom is 0.507 e. The van der Waals surface area contributed by atoms with Crippen molar-refractivity contribution in [3.05, 3.63) is 77.3 Å². The molecule has 9 nitrogen and oxygen atoms in total. The fraction of sp³-hybridized carbons (Fsp3) is 0.345. The molecule has 4 rings (SSSR count). The van der Waals surface area contributed by atoms with E-state index in [9.17, 15) is 13.2 Å². The summed E-state index contributed by atoms with van der Waals surface area (Å²) in [6, 6.07) is 19.6. The lowest BCUT2D eigenvalue weighted by Gasteiger charge is -2.23. The van der Waals surface area contributed by atoms with Gasteiger partial charge in [-0.2, -0.15) is 4.31 Å². The summed E-state index contributed by atoms with van der Waals surface area (Å²) in [5.74, 6) is 2.66. The van der Waals surface area contributed by atoms with Crippen molar-refractivity contribution in [1.82, 2.24) is 4.31 Å². The van der Waals surface area contributed by atoms with Crippen LogP contribution in [0.25, 0.3) is 0 Å². The second-order valence-electron chi connectivity index (χ2n) is 9.17. The molecule has 3 aromatic carbocycles. The van der Waals surface area contributed by atoms with Crippen LogP contribution in [-0.2, 0) is 21.2 Å². The van der Waals surface area contributed by atoms with Gasteiger partial charge in [-0.05, 0) is 66.9 Å². The normalized spacial score (nSPS) is 15.5. The summed E-state index contributed by atoms with van der Waals surface area (Å²) in [5, 5.41) is 9.03. The van der Waals surface area contributed by atoms with E-state index in [4.69, 9.17) is 35.7 Å². The molecule has 1 aliphatic rings. The van der Waals surface area contributed by atoms with Crippen molar-refractivity contribution in [3.8, 4) is 23.0 Å². The summed E-state index contributed by atoms with van der Waals surface area (Å²) in [4.78, 5) is 10.9. The molecule has 0 unspecified atom stereocenters. The number of aryl methyl sites for hydroxylation is 1. The molecule has 0 aromatic heterocycles. The highest BCUT2D eigenvalue weighted by atomic mass is 35.5. The highest BCUT2D eigenvalue weighted by Gasteiger charge is 2.38. The zero-order chi connectivity index (χ0) is 28.5. The summed E-state index contributed by atoms with van der Waals surface area (Å²) < 4.78 is 49.6. The molecule has 1 aliphatic heterocycles. The zero-order valence-electron chi connectivity index (χ0n) is 22.1. The number of para-hydroxylation sites is 1. The molecule has 0 aliphatic carbocycles. The third-order valence-electron chi connectivity index (χ3n) is 6.23. The molecule has 1 fully saturated rings. The quantitative estimate of drug-likeness (QED) is 0.172. The van der Waals surface area contributed by atoms with Crippen molar-refractivity contribution in [3.63, 3.8) is 0 Å². The number of benzene rings is 3. The first kappa shape index (κ1) is 29.5. The van der Waals surface area contributed by atoms with Crippen LogP contribution in [0.2, 0.25) is 5.02 Å². The Hall–Kier alpha value is -3.47. The Labute approximate surface area is 239 Å². The van der Waals surface area contributed by atoms with Gasteiger partial charge in [-0.1, -0.05) is 43.1 Å². The Balaban J connectivity index is 1.30. The van der Waals surface area contributed by atoms with Gasteiger partial charge < -0.3 is 24.1 Å². The van der Waals surface area contributed by atoms with E-state index in [-0.39, 0.29) is 16.5 Å². The van der Waals surface area contributed by atoms with E-state index >= 15 is 0 Å². The van der Waals surface area contributed by atoms with Gasteiger partial charge in [0.25, 0.3) is 0 Å². The van der Waals surface area contributed by atoms with Gasteiger partial charge in [-0.15, -0.1) is 0 Å². The lowest BCUT2D eigenvalue weighted by atomic mass is 10.1. The first-order valence-electron chi connectivity index (χ1n) is 13.1. The molecule has 1 heterocycles. The van der Waals surface area contributed by atoms with Crippen LogP contribution in [-0.4, -0.2) is 50.0 Å². The van der Waals surface area contributed by atoms with Crippen molar-refractivity contribution in [1.29, 1.82) is 0 Å². The monoisotopic (exact) mass is 589 g/mol. The van der Waals surface area contributed by atoms with E-state index in [1.54, 1.807) is 0 Å². The van der Waals surface area contributed by atoms with Crippen LogP contribution in [0.5, 0.6) is 23.0 Å². The molecule has 0 spiro atoms. The van der Waals surface area contributed by atoms with Crippen LogP contribution in [0.15, 0.2) is 71.6 Å². The Bertz CT molecular complexity index is 1400. The third kappa shape index (κ3) is 7.59.